The highest BCUT2D eigenvalue weighted by molar-refractivity contribution is 5.99. The number of nitrogens with two attached hydrogens (primary N) is 1. The number of hydrogen-bond donors (Lipinski definition) is 1. The molecule has 1 heterocycles. The molecule has 0 aliphatic rings. The van der Waals surface area contributed by atoms with Crippen LogP contribution in [0.1, 0.15) is 22.1 Å². The van der Waals surface area contributed by atoms with Crippen molar-refractivity contribution in [2.45, 2.75) is 6.04 Å². The summed E-state index contributed by atoms with van der Waals surface area (Å²) in [5.41, 5.74) is 7.41. The van der Waals surface area contributed by atoms with Gasteiger partial charge < -0.3 is 10.3 Å². The largest absolute Gasteiger partial charge is 0.348 e. The van der Waals surface area contributed by atoms with E-state index in [1.54, 1.807) is 10.6 Å². The van der Waals surface area contributed by atoms with Crippen molar-refractivity contribution in [1.29, 1.82) is 0 Å². The summed E-state index contributed by atoms with van der Waals surface area (Å²) in [6, 6.07) is 12.4. The lowest BCUT2D eigenvalue weighted by molar-refractivity contribution is 0.0953. The van der Waals surface area contributed by atoms with Crippen LogP contribution in [0.4, 0.5) is 0 Å². The van der Waals surface area contributed by atoms with Crippen molar-refractivity contribution < 1.29 is 4.79 Å². The molecule has 2 N–H and O–H groups in total. The molecule has 0 amide bonds. The number of Topliss-reactive ketones (excluding diaryl/α,β-unsaturated/α-hetero) is 1. The predicted octanol–water partition coefficient (Wildman–Crippen LogP) is 1.91. The van der Waals surface area contributed by atoms with E-state index in [1.165, 1.54) is 0 Å². The number of aromatic nitrogens is 1. The number of carbonyl (C=O) groups excluding carboxylic acids is 1. The third-order valence-electron chi connectivity index (χ3n) is 2.64. The number of benzene rings is 1. The van der Waals surface area contributed by atoms with Gasteiger partial charge in [-0.3, -0.25) is 4.79 Å². The monoisotopic (exact) mass is 214 g/mol. The Morgan fingerprint density at radius 3 is 2.44 bits per heavy atom. The third-order valence-corrected chi connectivity index (χ3v) is 2.64. The molecule has 1 aromatic carbocycles. The van der Waals surface area contributed by atoms with Crippen molar-refractivity contribution in [3.05, 3.63) is 59.9 Å². The van der Waals surface area contributed by atoms with Gasteiger partial charge in [-0.1, -0.05) is 30.3 Å². The first-order valence-electron chi connectivity index (χ1n) is 5.16. The molecule has 0 aliphatic carbocycles. The molecule has 3 heteroatoms. The fourth-order valence-electron chi connectivity index (χ4n) is 1.69. The minimum atomic E-state index is -0.588. The molecule has 2 rings (SSSR count). The molecule has 1 aromatic heterocycles. The Bertz CT molecular complexity index is 488. The fourth-order valence-corrected chi connectivity index (χ4v) is 1.69. The van der Waals surface area contributed by atoms with Crippen LogP contribution in [0, 0.1) is 0 Å². The molecule has 0 saturated carbocycles. The molecular weight excluding hydrogens is 200 g/mol. The quantitative estimate of drug-likeness (QED) is 0.793. The van der Waals surface area contributed by atoms with Crippen LogP contribution >= 0.6 is 0 Å². The zero-order chi connectivity index (χ0) is 11.5. The average molecular weight is 214 g/mol. The van der Waals surface area contributed by atoms with Gasteiger partial charge in [-0.15, -0.1) is 0 Å². The molecule has 0 aliphatic heterocycles. The molecule has 1 atom stereocenters. The Morgan fingerprint density at radius 2 is 1.88 bits per heavy atom. The highest BCUT2D eigenvalue weighted by Crippen LogP contribution is 2.15. The van der Waals surface area contributed by atoms with Crippen molar-refractivity contribution in [3.8, 4) is 0 Å². The summed E-state index contributed by atoms with van der Waals surface area (Å²) >= 11 is 0. The summed E-state index contributed by atoms with van der Waals surface area (Å²) in [7, 11) is 1.84. The minimum absolute atomic E-state index is 0.0568. The zero-order valence-electron chi connectivity index (χ0n) is 9.13. The highest BCUT2D eigenvalue weighted by Gasteiger charge is 2.19. The summed E-state index contributed by atoms with van der Waals surface area (Å²) < 4.78 is 1.78. The summed E-state index contributed by atoms with van der Waals surface area (Å²) in [5, 5.41) is 0. The second-order valence-corrected chi connectivity index (χ2v) is 3.76. The Balaban J connectivity index is 2.27. The number of nitrogens with zero attached hydrogens (tertiary/aromatic N) is 1. The average Bonchev–Trinajstić information content (AvgIpc) is 2.75. The normalized spacial score (nSPS) is 12.4. The Morgan fingerprint density at radius 1 is 1.19 bits per heavy atom. The lowest BCUT2D eigenvalue weighted by Gasteiger charge is -2.11. The topological polar surface area (TPSA) is 48.0 Å². The number of aryl methyl sites for hydroxylation is 1. The smallest absolute Gasteiger partial charge is 0.200 e. The molecule has 0 radical (unpaired) electrons. The summed E-state index contributed by atoms with van der Waals surface area (Å²) in [6.07, 6.45) is 1.84. The maximum Gasteiger partial charge on any atom is 0.200 e. The minimum Gasteiger partial charge on any atom is -0.348 e. The molecule has 1 unspecified atom stereocenters. The Kier molecular flexibility index (Phi) is 2.88. The lowest BCUT2D eigenvalue weighted by atomic mass is 10.0. The van der Waals surface area contributed by atoms with Crippen molar-refractivity contribution in [2.75, 3.05) is 0 Å². The van der Waals surface area contributed by atoms with Crippen LogP contribution < -0.4 is 5.73 Å². The van der Waals surface area contributed by atoms with E-state index in [0.717, 1.165) is 5.56 Å². The van der Waals surface area contributed by atoms with Gasteiger partial charge in [0.25, 0.3) is 0 Å². The molecule has 0 bridgehead atoms. The van der Waals surface area contributed by atoms with Crippen molar-refractivity contribution >= 4 is 5.78 Å². The van der Waals surface area contributed by atoms with Gasteiger partial charge in [-0.05, 0) is 17.7 Å². The van der Waals surface area contributed by atoms with E-state index in [2.05, 4.69) is 0 Å². The lowest BCUT2D eigenvalue weighted by Crippen LogP contribution is -2.23. The number of hydrogen-bond acceptors (Lipinski definition) is 2. The van der Waals surface area contributed by atoms with E-state index < -0.39 is 6.04 Å². The molecule has 0 fully saturated rings. The van der Waals surface area contributed by atoms with Crippen LogP contribution in [0.3, 0.4) is 0 Å². The third kappa shape index (κ3) is 1.90. The van der Waals surface area contributed by atoms with Crippen LogP contribution in [0.15, 0.2) is 48.7 Å². The number of ketones is 1. The zero-order valence-corrected chi connectivity index (χ0v) is 9.13. The van der Waals surface area contributed by atoms with Gasteiger partial charge in [-0.2, -0.15) is 0 Å². The Labute approximate surface area is 94.5 Å². The molecule has 0 spiro atoms. The van der Waals surface area contributed by atoms with Crippen molar-refractivity contribution in [2.24, 2.45) is 12.8 Å². The van der Waals surface area contributed by atoms with Crippen molar-refractivity contribution in [1.82, 2.24) is 4.57 Å². The first-order valence-corrected chi connectivity index (χ1v) is 5.16. The van der Waals surface area contributed by atoms with Crippen LogP contribution in [0.2, 0.25) is 0 Å². The van der Waals surface area contributed by atoms with Crippen LogP contribution in [0.5, 0.6) is 0 Å². The summed E-state index contributed by atoms with van der Waals surface area (Å²) in [4.78, 5) is 12.1. The van der Waals surface area contributed by atoms with Crippen LogP contribution in [-0.4, -0.2) is 10.4 Å². The van der Waals surface area contributed by atoms with E-state index in [-0.39, 0.29) is 5.78 Å². The van der Waals surface area contributed by atoms with Gasteiger partial charge in [0.05, 0.1) is 11.7 Å². The standard InChI is InChI=1S/C13H14N2O/c1-15-9-5-8-11(15)13(16)12(14)10-6-3-2-4-7-10/h2-9,12H,14H2,1H3. The molecule has 2 aromatic rings. The first kappa shape index (κ1) is 10.6. The molecule has 82 valence electrons. The van der Waals surface area contributed by atoms with Crippen molar-refractivity contribution in [3.63, 3.8) is 0 Å². The maximum atomic E-state index is 12.1. The van der Waals surface area contributed by atoms with E-state index in [9.17, 15) is 4.79 Å². The highest BCUT2D eigenvalue weighted by atomic mass is 16.1. The molecule has 3 nitrogen and oxygen atoms in total. The Hall–Kier alpha value is -1.87. The van der Waals surface area contributed by atoms with Gasteiger partial charge in [0.15, 0.2) is 5.78 Å². The van der Waals surface area contributed by atoms with Gasteiger partial charge >= 0.3 is 0 Å². The predicted molar refractivity (Wildman–Crippen MR) is 63.1 cm³/mol. The summed E-state index contributed by atoms with van der Waals surface area (Å²) in [5.74, 6) is -0.0568. The van der Waals surface area contributed by atoms with E-state index >= 15 is 0 Å². The molecule has 16 heavy (non-hydrogen) atoms. The number of rotatable bonds is 3. The van der Waals surface area contributed by atoms with E-state index in [1.807, 2.05) is 49.6 Å². The van der Waals surface area contributed by atoms with Crippen LogP contribution in [0.25, 0.3) is 0 Å². The summed E-state index contributed by atoms with van der Waals surface area (Å²) in [6.45, 7) is 0. The SMILES string of the molecule is Cn1cccc1C(=O)C(N)c1ccccc1. The van der Waals surface area contributed by atoms with Gasteiger partial charge in [0.1, 0.15) is 0 Å². The van der Waals surface area contributed by atoms with Gasteiger partial charge in [-0.25, -0.2) is 0 Å². The van der Waals surface area contributed by atoms with Gasteiger partial charge in [0, 0.05) is 13.2 Å². The first-order chi connectivity index (χ1) is 7.70. The second kappa shape index (κ2) is 4.33. The molecule has 0 saturated heterocycles. The second-order valence-electron chi connectivity index (χ2n) is 3.76. The van der Waals surface area contributed by atoms with Crippen LogP contribution in [-0.2, 0) is 7.05 Å². The fraction of sp³-hybridized carbons (Fsp3) is 0.154. The van der Waals surface area contributed by atoms with E-state index in [4.69, 9.17) is 5.73 Å². The van der Waals surface area contributed by atoms with Gasteiger partial charge in [0.2, 0.25) is 0 Å². The van der Waals surface area contributed by atoms with E-state index in [0.29, 0.717) is 5.69 Å². The molecular formula is C13H14N2O. The maximum absolute atomic E-state index is 12.1. The number of carbonyl (C=O) groups is 1.